The van der Waals surface area contributed by atoms with E-state index in [-0.39, 0.29) is 5.92 Å². The van der Waals surface area contributed by atoms with Crippen LogP contribution in [0.15, 0.2) is 52.4 Å². The Morgan fingerprint density at radius 1 is 1.18 bits per heavy atom. The molecule has 1 aliphatic heterocycles. The third-order valence-electron chi connectivity index (χ3n) is 7.31. The van der Waals surface area contributed by atoms with E-state index in [1.165, 1.54) is 16.0 Å². The fraction of sp³-hybridized carbons (Fsp3) is 0.333. The highest BCUT2D eigenvalue weighted by Crippen LogP contribution is 2.33. The molecule has 6 rings (SSSR count). The molecule has 0 radical (unpaired) electrons. The third-order valence-corrected chi connectivity index (χ3v) is 8.51. The van der Waals surface area contributed by atoms with Crippen LogP contribution in [0.4, 0.5) is 0 Å². The Balaban J connectivity index is 1.22. The summed E-state index contributed by atoms with van der Waals surface area (Å²) in [5.74, 6) is 1.53. The van der Waals surface area contributed by atoms with E-state index in [1.54, 1.807) is 0 Å². The Hall–Kier alpha value is -3.62. The molecule has 4 aromatic heterocycles. The number of benzene rings is 1. The maximum atomic E-state index is 6.28. The summed E-state index contributed by atoms with van der Waals surface area (Å²) in [5.41, 5.74) is 7.58. The summed E-state index contributed by atoms with van der Waals surface area (Å²) in [6.45, 7) is 9.30. The van der Waals surface area contributed by atoms with Gasteiger partial charge in [-0.1, -0.05) is 19.1 Å². The van der Waals surface area contributed by atoms with Crippen LogP contribution in [0, 0.1) is 6.92 Å². The Kier molecular flexibility index (Phi) is 6.91. The lowest BCUT2D eigenvalue weighted by Crippen LogP contribution is -2.34. The van der Waals surface area contributed by atoms with Gasteiger partial charge in [0.1, 0.15) is 5.69 Å². The number of piperidine rings is 1. The molecule has 194 valence electrons. The lowest BCUT2D eigenvalue weighted by Gasteiger charge is -2.31. The largest absolute Gasteiger partial charge is 0.420 e. The van der Waals surface area contributed by atoms with E-state index in [2.05, 4.69) is 67.7 Å². The predicted molar refractivity (Wildman–Crippen MR) is 153 cm³/mol. The molecule has 0 unspecified atom stereocenters. The lowest BCUT2D eigenvalue weighted by molar-refractivity contribution is 0.186. The molecule has 0 saturated carbocycles. The number of pyridine rings is 1. The van der Waals surface area contributed by atoms with Crippen LogP contribution in [0.5, 0.6) is 0 Å². The summed E-state index contributed by atoms with van der Waals surface area (Å²) < 4.78 is 6.28. The fourth-order valence-corrected chi connectivity index (χ4v) is 6.41. The molecule has 0 spiro atoms. The maximum absolute atomic E-state index is 6.28. The van der Waals surface area contributed by atoms with Gasteiger partial charge in [-0.25, -0.2) is 0 Å². The van der Waals surface area contributed by atoms with E-state index in [0.29, 0.717) is 5.89 Å². The van der Waals surface area contributed by atoms with E-state index in [9.17, 15) is 0 Å². The number of fused-ring (bicyclic) bond motifs is 1. The van der Waals surface area contributed by atoms with Crippen LogP contribution < -0.4 is 0 Å². The lowest BCUT2D eigenvalue weighted by atomic mass is 9.97. The molecule has 1 atom stereocenters. The summed E-state index contributed by atoms with van der Waals surface area (Å²) in [4.78, 5) is 8.31. The number of aryl methyl sites for hydroxylation is 2. The minimum atomic E-state index is 0.243. The van der Waals surface area contributed by atoms with Crippen molar-refractivity contribution in [1.29, 1.82) is 0 Å². The summed E-state index contributed by atoms with van der Waals surface area (Å²) in [7, 11) is 0. The molecule has 0 amide bonds. The van der Waals surface area contributed by atoms with Gasteiger partial charge >= 0.3 is 0 Å². The highest BCUT2D eigenvalue weighted by molar-refractivity contribution is 7.10. The summed E-state index contributed by atoms with van der Waals surface area (Å²) in [6, 6.07) is 10.1. The molecule has 1 fully saturated rings. The van der Waals surface area contributed by atoms with Crippen LogP contribution in [-0.4, -0.2) is 43.4 Å². The van der Waals surface area contributed by atoms with Gasteiger partial charge in [-0.05, 0) is 86.5 Å². The number of nitrogens with one attached hydrogen (secondary N) is 1. The second kappa shape index (κ2) is 10.6. The van der Waals surface area contributed by atoms with Crippen LogP contribution in [0.2, 0.25) is 0 Å². The highest BCUT2D eigenvalue weighted by atomic mass is 32.1. The van der Waals surface area contributed by atoms with Crippen LogP contribution >= 0.6 is 11.3 Å². The number of allylic oxidation sites excluding steroid dienone is 1. The van der Waals surface area contributed by atoms with Crippen molar-refractivity contribution in [2.45, 2.75) is 52.5 Å². The van der Waals surface area contributed by atoms with Crippen molar-refractivity contribution in [2.75, 3.05) is 13.1 Å². The third kappa shape index (κ3) is 4.81. The van der Waals surface area contributed by atoms with Gasteiger partial charge in [0.05, 0.1) is 11.4 Å². The van der Waals surface area contributed by atoms with Gasteiger partial charge in [-0.15, -0.1) is 21.5 Å². The standard InChI is InChI=1S/C30H32N6OS/c1-4-7-24-23(18-38-27(24)5-2)17-36-13-6-8-22(16-36)30-35-34-29(37-30)21-9-10-26-25(15-21)28(33-32-26)20-11-12-31-19(3)14-20/h4,7,9-12,14-15,18,22H,5-6,8,13,16-17H2,1-3H3,(H,32,33)/b7-4-/t22-/m1/s1. The van der Waals surface area contributed by atoms with Crippen molar-refractivity contribution >= 4 is 28.3 Å². The molecule has 1 saturated heterocycles. The molecule has 0 aliphatic carbocycles. The van der Waals surface area contributed by atoms with Gasteiger partial charge in [0.15, 0.2) is 0 Å². The van der Waals surface area contributed by atoms with Crippen molar-refractivity contribution in [3.8, 4) is 22.7 Å². The topological polar surface area (TPSA) is 83.7 Å². The zero-order chi connectivity index (χ0) is 26.1. The highest BCUT2D eigenvalue weighted by Gasteiger charge is 2.27. The van der Waals surface area contributed by atoms with Crippen molar-refractivity contribution < 1.29 is 4.42 Å². The minimum Gasteiger partial charge on any atom is -0.420 e. The van der Waals surface area contributed by atoms with E-state index < -0.39 is 0 Å². The first-order valence-electron chi connectivity index (χ1n) is 13.3. The second-order valence-corrected chi connectivity index (χ2v) is 11.0. The molecule has 1 aromatic carbocycles. The van der Waals surface area contributed by atoms with Gasteiger partial charge in [0.25, 0.3) is 0 Å². The van der Waals surface area contributed by atoms with Gasteiger partial charge in [-0.2, -0.15) is 5.10 Å². The second-order valence-electron chi connectivity index (χ2n) is 9.99. The minimum absolute atomic E-state index is 0.243. The smallest absolute Gasteiger partial charge is 0.247 e. The first-order chi connectivity index (χ1) is 18.6. The monoisotopic (exact) mass is 524 g/mol. The number of rotatable bonds is 7. The number of hydrogen-bond donors (Lipinski definition) is 1. The van der Waals surface area contributed by atoms with E-state index in [4.69, 9.17) is 4.42 Å². The first-order valence-corrected chi connectivity index (χ1v) is 14.2. The van der Waals surface area contributed by atoms with Crippen LogP contribution in [0.3, 0.4) is 0 Å². The summed E-state index contributed by atoms with van der Waals surface area (Å²) in [6.07, 6.45) is 9.49. The van der Waals surface area contributed by atoms with Crippen molar-refractivity contribution in [3.05, 3.63) is 75.6 Å². The van der Waals surface area contributed by atoms with E-state index in [0.717, 1.165) is 78.2 Å². The van der Waals surface area contributed by atoms with Crippen molar-refractivity contribution in [1.82, 2.24) is 30.3 Å². The molecule has 38 heavy (non-hydrogen) atoms. The molecule has 5 heterocycles. The Bertz CT molecular complexity index is 1600. The number of H-pyrrole nitrogens is 1. The van der Waals surface area contributed by atoms with Crippen LogP contribution in [-0.2, 0) is 13.0 Å². The number of aromatic amines is 1. The molecule has 8 heteroatoms. The summed E-state index contributed by atoms with van der Waals surface area (Å²) in [5, 5.41) is 20.0. The zero-order valence-electron chi connectivity index (χ0n) is 22.1. The SMILES string of the molecule is C/C=C\c1c(CN2CCC[C@@H](c3nnc(-c4ccc5[nH]nc(-c6ccnc(C)c6)c5c4)o3)C2)csc1CC. The summed E-state index contributed by atoms with van der Waals surface area (Å²) >= 11 is 1.88. The zero-order valence-corrected chi connectivity index (χ0v) is 22.9. The van der Waals surface area contributed by atoms with Gasteiger partial charge < -0.3 is 4.42 Å². The molecule has 5 aromatic rings. The Labute approximate surface area is 226 Å². The quantitative estimate of drug-likeness (QED) is 0.246. The molecular formula is C30H32N6OS. The fourth-order valence-electron chi connectivity index (χ4n) is 5.43. The van der Waals surface area contributed by atoms with E-state index >= 15 is 0 Å². The predicted octanol–water partition coefficient (Wildman–Crippen LogP) is 7.02. The number of aromatic nitrogens is 5. The van der Waals surface area contributed by atoms with Gasteiger partial charge in [0, 0.05) is 46.4 Å². The molecule has 0 bridgehead atoms. The normalized spacial score (nSPS) is 16.7. The van der Waals surface area contributed by atoms with Gasteiger partial charge in [-0.3, -0.25) is 15.0 Å². The number of thiophene rings is 1. The molecule has 1 N–H and O–H groups in total. The Morgan fingerprint density at radius 3 is 2.95 bits per heavy atom. The van der Waals surface area contributed by atoms with Crippen molar-refractivity contribution in [3.63, 3.8) is 0 Å². The Morgan fingerprint density at radius 2 is 2.11 bits per heavy atom. The number of hydrogen-bond acceptors (Lipinski definition) is 7. The number of nitrogens with zero attached hydrogens (tertiary/aromatic N) is 5. The molecular weight excluding hydrogens is 492 g/mol. The number of likely N-dealkylation sites (tertiary alicyclic amines) is 1. The van der Waals surface area contributed by atoms with Crippen molar-refractivity contribution in [2.24, 2.45) is 0 Å². The van der Waals surface area contributed by atoms with Crippen LogP contribution in [0.25, 0.3) is 39.7 Å². The molecule has 7 nitrogen and oxygen atoms in total. The van der Waals surface area contributed by atoms with E-state index in [1.807, 2.05) is 48.7 Å². The first kappa shape index (κ1) is 24.7. The average molecular weight is 525 g/mol. The molecule has 1 aliphatic rings. The average Bonchev–Trinajstić information content (AvgIpc) is 3.68. The maximum Gasteiger partial charge on any atom is 0.247 e. The van der Waals surface area contributed by atoms with Gasteiger partial charge in [0.2, 0.25) is 11.8 Å². The van der Waals surface area contributed by atoms with Crippen LogP contribution in [0.1, 0.15) is 60.2 Å².